The number of fused-ring (bicyclic) bond motifs is 1. The van der Waals surface area contributed by atoms with Crippen LogP contribution in [0.2, 0.25) is 5.02 Å². The van der Waals surface area contributed by atoms with Gasteiger partial charge in [-0.15, -0.1) is 0 Å². The Balaban J connectivity index is 1.68. The van der Waals surface area contributed by atoms with Gasteiger partial charge < -0.3 is 19.9 Å². The van der Waals surface area contributed by atoms with E-state index < -0.39 is 5.91 Å². The molecule has 1 atom stereocenters. The van der Waals surface area contributed by atoms with Gasteiger partial charge in [0.15, 0.2) is 0 Å². The molecule has 0 spiro atoms. The van der Waals surface area contributed by atoms with Crippen LogP contribution in [0.4, 0.5) is 0 Å². The highest BCUT2D eigenvalue weighted by Gasteiger charge is 2.31. The Kier molecular flexibility index (Phi) is 4.83. The van der Waals surface area contributed by atoms with Crippen molar-refractivity contribution < 1.29 is 14.3 Å². The van der Waals surface area contributed by atoms with Crippen LogP contribution < -0.4 is 5.73 Å². The molecule has 6 nitrogen and oxygen atoms in total. The fourth-order valence-electron chi connectivity index (χ4n) is 3.65. The van der Waals surface area contributed by atoms with Crippen LogP contribution in [-0.4, -0.2) is 41.0 Å². The summed E-state index contributed by atoms with van der Waals surface area (Å²) in [6.07, 6.45) is 0. The highest BCUT2D eigenvalue weighted by atomic mass is 35.5. The van der Waals surface area contributed by atoms with E-state index in [-0.39, 0.29) is 11.9 Å². The van der Waals surface area contributed by atoms with E-state index in [0.717, 1.165) is 16.5 Å². The minimum Gasteiger partial charge on any atom is -0.377 e. The molecule has 1 saturated heterocycles. The summed E-state index contributed by atoms with van der Waals surface area (Å²) in [5.74, 6) is -0.546. The predicted octanol–water partition coefficient (Wildman–Crippen LogP) is 3.14. The molecular weight excluding hydrogens is 378 g/mol. The van der Waals surface area contributed by atoms with Gasteiger partial charge in [-0.3, -0.25) is 9.59 Å². The van der Waals surface area contributed by atoms with E-state index in [4.69, 9.17) is 22.1 Å². The topological polar surface area (TPSA) is 77.6 Å². The summed E-state index contributed by atoms with van der Waals surface area (Å²) in [5, 5.41) is 1.59. The van der Waals surface area contributed by atoms with Crippen LogP contribution in [0, 0.1) is 0 Å². The lowest BCUT2D eigenvalue weighted by atomic mass is 10.0. The van der Waals surface area contributed by atoms with Crippen molar-refractivity contribution in [1.29, 1.82) is 0 Å². The molecule has 1 unspecified atom stereocenters. The Morgan fingerprint density at radius 2 is 1.89 bits per heavy atom. The third-order valence-corrected chi connectivity index (χ3v) is 5.43. The average Bonchev–Trinajstić information content (AvgIpc) is 3.03. The van der Waals surface area contributed by atoms with Crippen LogP contribution in [0.5, 0.6) is 0 Å². The number of hydrogen-bond acceptors (Lipinski definition) is 3. The van der Waals surface area contributed by atoms with Crippen LogP contribution in [0.25, 0.3) is 10.9 Å². The first-order chi connectivity index (χ1) is 13.5. The number of nitrogens with zero attached hydrogens (tertiary/aromatic N) is 2. The molecule has 2 amide bonds. The summed E-state index contributed by atoms with van der Waals surface area (Å²) in [6.45, 7) is 1.37. The number of halogens is 1. The van der Waals surface area contributed by atoms with Crippen LogP contribution in [0.15, 0.2) is 48.5 Å². The van der Waals surface area contributed by atoms with E-state index in [1.165, 1.54) is 0 Å². The van der Waals surface area contributed by atoms with Gasteiger partial charge in [-0.2, -0.15) is 0 Å². The maximum Gasteiger partial charge on any atom is 0.271 e. The lowest BCUT2D eigenvalue weighted by molar-refractivity contribution is -0.00317. The van der Waals surface area contributed by atoms with Crippen molar-refractivity contribution in [3.63, 3.8) is 0 Å². The molecule has 0 aliphatic carbocycles. The van der Waals surface area contributed by atoms with Crippen molar-refractivity contribution in [2.45, 2.75) is 6.04 Å². The second kappa shape index (κ2) is 7.30. The zero-order valence-corrected chi connectivity index (χ0v) is 16.1. The molecule has 1 aliphatic heterocycles. The molecule has 4 rings (SSSR count). The van der Waals surface area contributed by atoms with Crippen molar-refractivity contribution in [3.8, 4) is 0 Å². The molecule has 7 heteroatoms. The van der Waals surface area contributed by atoms with Crippen LogP contribution >= 0.6 is 11.6 Å². The number of aryl methyl sites for hydroxylation is 1. The first-order valence-corrected chi connectivity index (χ1v) is 9.37. The molecule has 2 N–H and O–H groups in total. The van der Waals surface area contributed by atoms with Crippen molar-refractivity contribution in [1.82, 2.24) is 9.47 Å². The molecule has 1 aliphatic rings. The smallest absolute Gasteiger partial charge is 0.271 e. The lowest BCUT2D eigenvalue weighted by Gasteiger charge is -2.36. The molecule has 144 valence electrons. The largest absolute Gasteiger partial charge is 0.377 e. The number of carbonyl (C=O) groups excluding carboxylic acids is 2. The second-order valence-electron chi connectivity index (χ2n) is 6.87. The van der Waals surface area contributed by atoms with Gasteiger partial charge in [0.2, 0.25) is 5.91 Å². The third kappa shape index (κ3) is 3.25. The normalized spacial score (nSPS) is 17.1. The summed E-state index contributed by atoms with van der Waals surface area (Å²) in [7, 11) is 1.86. The number of primary amides is 1. The van der Waals surface area contributed by atoms with Crippen molar-refractivity contribution in [2.75, 3.05) is 19.8 Å². The second-order valence-corrected chi connectivity index (χ2v) is 7.30. The molecule has 3 aromatic rings. The van der Waals surface area contributed by atoms with Gasteiger partial charge in [-0.1, -0.05) is 29.8 Å². The first-order valence-electron chi connectivity index (χ1n) is 8.99. The number of benzene rings is 2. The Bertz CT molecular complexity index is 1060. The quantitative estimate of drug-likeness (QED) is 0.737. The minimum absolute atomic E-state index is 0.0675. The fraction of sp³-hybridized carbons (Fsp3) is 0.238. The Labute approximate surface area is 167 Å². The maximum absolute atomic E-state index is 13.4. The average molecular weight is 398 g/mol. The van der Waals surface area contributed by atoms with Gasteiger partial charge in [0.05, 0.1) is 19.3 Å². The van der Waals surface area contributed by atoms with E-state index in [1.807, 2.05) is 52.9 Å². The summed E-state index contributed by atoms with van der Waals surface area (Å²) in [4.78, 5) is 26.5. The SMILES string of the molecule is Cn1c(C(=O)N2CCOCC2c2ccc(C(N)=O)cc2)cc2ccc(Cl)cc21. The van der Waals surface area contributed by atoms with E-state index in [9.17, 15) is 9.59 Å². The van der Waals surface area contributed by atoms with Gasteiger partial charge >= 0.3 is 0 Å². The zero-order valence-electron chi connectivity index (χ0n) is 15.4. The number of rotatable bonds is 3. The highest BCUT2D eigenvalue weighted by molar-refractivity contribution is 6.31. The molecule has 0 radical (unpaired) electrons. The van der Waals surface area contributed by atoms with Gasteiger partial charge in [0.1, 0.15) is 5.69 Å². The molecule has 2 heterocycles. The van der Waals surface area contributed by atoms with Gasteiger partial charge in [0.25, 0.3) is 5.91 Å². The Morgan fingerprint density at radius 1 is 1.14 bits per heavy atom. The molecule has 1 aromatic heterocycles. The molecule has 0 saturated carbocycles. The van der Waals surface area contributed by atoms with Crippen molar-refractivity contribution in [2.24, 2.45) is 12.8 Å². The summed E-state index contributed by atoms with van der Waals surface area (Å²) < 4.78 is 7.49. The predicted molar refractivity (Wildman–Crippen MR) is 107 cm³/mol. The number of nitrogens with two attached hydrogens (primary N) is 1. The first kappa shape index (κ1) is 18.5. The van der Waals surface area contributed by atoms with Gasteiger partial charge in [-0.25, -0.2) is 0 Å². The molecule has 0 bridgehead atoms. The number of hydrogen-bond donors (Lipinski definition) is 1. The zero-order chi connectivity index (χ0) is 19.8. The van der Waals surface area contributed by atoms with E-state index >= 15 is 0 Å². The maximum atomic E-state index is 13.4. The Hall–Kier alpha value is -2.83. The van der Waals surface area contributed by atoms with Crippen LogP contribution in [0.1, 0.15) is 32.5 Å². The monoisotopic (exact) mass is 397 g/mol. The fourth-order valence-corrected chi connectivity index (χ4v) is 3.81. The molecule has 28 heavy (non-hydrogen) atoms. The van der Waals surface area contributed by atoms with Crippen molar-refractivity contribution >= 4 is 34.3 Å². The minimum atomic E-state index is -0.478. The molecule has 2 aromatic carbocycles. The van der Waals surface area contributed by atoms with Crippen LogP contribution in [-0.2, 0) is 11.8 Å². The standard InChI is InChI=1S/C21H20ClN3O3/c1-24-17-11-16(22)7-6-15(17)10-18(24)21(27)25-8-9-28-12-19(25)13-2-4-14(5-3-13)20(23)26/h2-7,10-11,19H,8-9,12H2,1H3,(H2,23,26). The number of morpholine rings is 1. The van der Waals surface area contributed by atoms with Gasteiger partial charge in [0, 0.05) is 35.1 Å². The number of carbonyl (C=O) groups is 2. The summed E-state index contributed by atoms with van der Waals surface area (Å²) >= 11 is 6.11. The number of aromatic nitrogens is 1. The Morgan fingerprint density at radius 3 is 2.61 bits per heavy atom. The molecule has 1 fully saturated rings. The number of ether oxygens (including phenoxy) is 1. The van der Waals surface area contributed by atoms with E-state index in [1.54, 1.807) is 12.1 Å². The van der Waals surface area contributed by atoms with E-state index in [0.29, 0.717) is 36.0 Å². The van der Waals surface area contributed by atoms with E-state index in [2.05, 4.69) is 0 Å². The highest BCUT2D eigenvalue weighted by Crippen LogP contribution is 2.29. The van der Waals surface area contributed by atoms with Crippen LogP contribution in [0.3, 0.4) is 0 Å². The van der Waals surface area contributed by atoms with Crippen molar-refractivity contribution in [3.05, 3.63) is 70.4 Å². The van der Waals surface area contributed by atoms with Gasteiger partial charge in [-0.05, 0) is 35.9 Å². The lowest BCUT2D eigenvalue weighted by Crippen LogP contribution is -2.44. The molecular formula is C21H20ClN3O3. The summed E-state index contributed by atoms with van der Waals surface area (Å²) in [6, 6.07) is 14.2. The summed E-state index contributed by atoms with van der Waals surface area (Å²) in [5.41, 5.74) is 8.16. The third-order valence-electron chi connectivity index (χ3n) is 5.20. The number of amides is 2.